The number of hydrogen-bond donors (Lipinski definition) is 2. The van der Waals surface area contributed by atoms with E-state index < -0.39 is 29.4 Å². The third-order valence-corrected chi connectivity index (χ3v) is 8.44. The number of carbonyl (C=O) groups is 1. The van der Waals surface area contributed by atoms with Gasteiger partial charge in [-0.2, -0.15) is 18.3 Å². The Hall–Kier alpha value is -5.34. The number of alkyl halides is 3. The van der Waals surface area contributed by atoms with Crippen molar-refractivity contribution in [2.24, 2.45) is 0 Å². The number of para-hydroxylation sites is 1. The van der Waals surface area contributed by atoms with Crippen molar-refractivity contribution in [1.82, 2.24) is 29.6 Å². The smallest absolute Gasteiger partial charge is 0.384 e. The highest BCUT2D eigenvalue weighted by Crippen LogP contribution is 2.40. The van der Waals surface area contributed by atoms with E-state index in [0.717, 1.165) is 18.2 Å². The number of hydrogen-bond acceptors (Lipinski definition) is 8. The van der Waals surface area contributed by atoms with Crippen LogP contribution in [-0.2, 0) is 11.0 Å². The number of fused-ring (bicyclic) bond motifs is 7. The van der Waals surface area contributed by atoms with Gasteiger partial charge in [-0.15, -0.1) is 0 Å². The van der Waals surface area contributed by atoms with Crippen LogP contribution in [0.5, 0.6) is 0 Å². The fourth-order valence-electron chi connectivity index (χ4n) is 6.26. The number of nitrogens with one attached hydrogen (secondary N) is 2. The monoisotopic (exact) mass is 649 g/mol. The van der Waals surface area contributed by atoms with Gasteiger partial charge in [0.2, 0.25) is 5.91 Å². The molecule has 5 heterocycles. The molecular formula is C32H28F5N9O. The van der Waals surface area contributed by atoms with E-state index in [4.69, 9.17) is 0 Å². The van der Waals surface area contributed by atoms with Crippen LogP contribution in [0.4, 0.5) is 39.3 Å². The van der Waals surface area contributed by atoms with Crippen LogP contribution in [0.1, 0.15) is 18.4 Å². The minimum Gasteiger partial charge on any atom is -0.384 e. The van der Waals surface area contributed by atoms with Crippen LogP contribution in [0, 0.1) is 11.6 Å². The maximum absolute atomic E-state index is 14.7. The van der Waals surface area contributed by atoms with E-state index in [2.05, 4.69) is 30.7 Å². The van der Waals surface area contributed by atoms with Gasteiger partial charge in [-0.1, -0.05) is 18.2 Å². The predicted molar refractivity (Wildman–Crippen MR) is 165 cm³/mol. The first-order valence-corrected chi connectivity index (χ1v) is 14.9. The van der Waals surface area contributed by atoms with E-state index in [1.165, 1.54) is 29.3 Å². The lowest BCUT2D eigenvalue weighted by atomic mass is 10.0. The molecule has 3 aromatic heterocycles. The molecule has 15 heteroatoms. The molecule has 2 N–H and O–H groups in total. The van der Waals surface area contributed by atoms with Crippen LogP contribution >= 0.6 is 0 Å². The Bertz CT molecular complexity index is 1980. The number of carbonyl (C=O) groups excluding carboxylic acids is 1. The number of halogens is 5. The number of benzene rings is 2. The summed E-state index contributed by atoms with van der Waals surface area (Å²) in [5.41, 5.74) is 0.0956. The first kappa shape index (κ1) is 30.3. The van der Waals surface area contributed by atoms with Crippen molar-refractivity contribution >= 4 is 34.3 Å². The quantitative estimate of drug-likeness (QED) is 0.242. The molecule has 5 aromatic rings. The summed E-state index contributed by atoms with van der Waals surface area (Å²) in [6, 6.07) is 11.3. The minimum absolute atomic E-state index is 0.00399. The summed E-state index contributed by atoms with van der Waals surface area (Å²) >= 11 is 0. The van der Waals surface area contributed by atoms with E-state index in [1.54, 1.807) is 36.2 Å². The number of anilines is 3. The summed E-state index contributed by atoms with van der Waals surface area (Å²) in [4.78, 5) is 30.9. The fourth-order valence-corrected chi connectivity index (χ4v) is 6.26. The Morgan fingerprint density at radius 2 is 1.85 bits per heavy atom. The third-order valence-electron chi connectivity index (χ3n) is 8.44. The lowest BCUT2D eigenvalue weighted by Gasteiger charge is -2.29. The first-order valence-electron chi connectivity index (χ1n) is 14.9. The zero-order valence-corrected chi connectivity index (χ0v) is 25.0. The van der Waals surface area contributed by atoms with Gasteiger partial charge >= 0.3 is 6.18 Å². The van der Waals surface area contributed by atoms with Gasteiger partial charge in [0.1, 0.15) is 35.5 Å². The molecule has 7 rings (SSSR count). The average Bonchev–Trinajstić information content (AvgIpc) is 3.66. The van der Waals surface area contributed by atoms with Crippen molar-refractivity contribution in [2.45, 2.75) is 31.1 Å². The normalized spacial score (nSPS) is 18.7. The highest BCUT2D eigenvalue weighted by Gasteiger charge is 2.40. The molecule has 2 atom stereocenters. The molecule has 2 aromatic carbocycles. The standard InChI is InChI=1S/C32H28F5N9O/c1-44-12-4-11-38-28-20(5-2-6-22(28)32(35,36)37)24-7-3-8-27(43-24)42-19-14-26(31(44)47)45(16-19)29-21-15-41-46(30(21)40-17-39-29)25-10-9-18(33)13-23(25)34/h2-3,5-10,13,15,17,19,26,38H,4,11-12,14,16H2,1H3,(H,42,43)/t19-,26-/m0/s1. The number of pyridine rings is 1. The molecule has 4 bridgehead atoms. The molecule has 0 radical (unpaired) electrons. The number of aromatic nitrogens is 5. The topological polar surface area (TPSA) is 104 Å². The number of nitrogens with zero attached hydrogens (tertiary/aromatic N) is 7. The molecule has 242 valence electrons. The molecule has 10 nitrogen and oxygen atoms in total. The molecule has 1 saturated heterocycles. The molecule has 2 aliphatic rings. The highest BCUT2D eigenvalue weighted by atomic mass is 19.4. The van der Waals surface area contributed by atoms with Crippen molar-refractivity contribution in [2.75, 3.05) is 42.2 Å². The molecule has 1 fully saturated rings. The predicted octanol–water partition coefficient (Wildman–Crippen LogP) is 5.51. The molecular weight excluding hydrogens is 621 g/mol. The van der Waals surface area contributed by atoms with Crippen LogP contribution in [0.3, 0.4) is 0 Å². The molecule has 1 amide bonds. The van der Waals surface area contributed by atoms with Gasteiger partial charge < -0.3 is 20.4 Å². The zero-order chi connectivity index (χ0) is 32.9. The van der Waals surface area contributed by atoms with E-state index >= 15 is 0 Å². The summed E-state index contributed by atoms with van der Waals surface area (Å²) in [7, 11) is 1.66. The van der Waals surface area contributed by atoms with Crippen molar-refractivity contribution in [3.05, 3.63) is 84.3 Å². The molecule has 47 heavy (non-hydrogen) atoms. The van der Waals surface area contributed by atoms with Gasteiger partial charge in [-0.25, -0.2) is 28.4 Å². The van der Waals surface area contributed by atoms with Crippen LogP contribution in [0.2, 0.25) is 0 Å². The van der Waals surface area contributed by atoms with Crippen molar-refractivity contribution in [3.8, 4) is 16.9 Å². The third kappa shape index (κ3) is 5.66. The van der Waals surface area contributed by atoms with E-state index in [1.807, 2.05) is 4.90 Å². The molecule has 0 unspecified atom stereocenters. The van der Waals surface area contributed by atoms with Crippen LogP contribution < -0.4 is 15.5 Å². The Balaban J connectivity index is 1.27. The summed E-state index contributed by atoms with van der Waals surface area (Å²) in [5, 5.41) is 11.1. The van der Waals surface area contributed by atoms with Crippen molar-refractivity contribution in [1.29, 1.82) is 0 Å². The SMILES string of the molecule is CN1CCCNc2c(cccc2C(F)(F)F)-c2cccc(n2)N[C@H]2C[C@@H](C1=O)N(c1ncnc3c1cnn3-c1ccc(F)cc1F)C2. The fraction of sp³-hybridized carbons (Fsp3) is 0.281. The number of rotatable bonds is 2. The van der Waals surface area contributed by atoms with Crippen molar-refractivity contribution < 1.29 is 26.7 Å². The Morgan fingerprint density at radius 3 is 2.66 bits per heavy atom. The Kier molecular flexibility index (Phi) is 7.60. The summed E-state index contributed by atoms with van der Waals surface area (Å²) in [6.07, 6.45) is -1.05. The van der Waals surface area contributed by atoms with Gasteiger partial charge in [0.05, 0.1) is 28.5 Å². The lowest BCUT2D eigenvalue weighted by Crippen LogP contribution is -2.45. The molecule has 0 aliphatic carbocycles. The largest absolute Gasteiger partial charge is 0.418 e. The van der Waals surface area contributed by atoms with Crippen LogP contribution in [-0.4, -0.2) is 74.3 Å². The van der Waals surface area contributed by atoms with Gasteiger partial charge in [-0.05, 0) is 43.2 Å². The van der Waals surface area contributed by atoms with Gasteiger partial charge in [-0.3, -0.25) is 4.79 Å². The van der Waals surface area contributed by atoms with Crippen LogP contribution in [0.25, 0.3) is 28.0 Å². The van der Waals surface area contributed by atoms with Gasteiger partial charge in [0, 0.05) is 44.4 Å². The molecule has 0 spiro atoms. The number of amides is 1. The molecule has 0 saturated carbocycles. The summed E-state index contributed by atoms with van der Waals surface area (Å²) in [5.74, 6) is -0.899. The molecule has 2 aliphatic heterocycles. The first-order chi connectivity index (χ1) is 22.6. The van der Waals surface area contributed by atoms with E-state index in [9.17, 15) is 26.7 Å². The van der Waals surface area contributed by atoms with Crippen molar-refractivity contribution in [3.63, 3.8) is 0 Å². The lowest BCUT2D eigenvalue weighted by molar-refractivity contribution is -0.137. The second kappa shape index (κ2) is 11.8. The number of likely N-dealkylation sites (N-methyl/N-ethyl adjacent to an activating group) is 1. The van der Waals surface area contributed by atoms with Gasteiger partial charge in [0.15, 0.2) is 11.5 Å². The average molecular weight is 650 g/mol. The van der Waals surface area contributed by atoms with E-state index in [-0.39, 0.29) is 42.1 Å². The van der Waals surface area contributed by atoms with Crippen LogP contribution in [0.15, 0.2) is 67.1 Å². The maximum Gasteiger partial charge on any atom is 0.418 e. The highest BCUT2D eigenvalue weighted by molar-refractivity contribution is 5.92. The Labute approximate surface area is 265 Å². The minimum atomic E-state index is -4.58. The van der Waals surface area contributed by atoms with E-state index in [0.29, 0.717) is 47.7 Å². The maximum atomic E-state index is 14.7. The van der Waals surface area contributed by atoms with Gasteiger partial charge in [0.25, 0.3) is 0 Å². The second-order valence-corrected chi connectivity index (χ2v) is 11.5. The Morgan fingerprint density at radius 1 is 1.02 bits per heavy atom. The summed E-state index contributed by atoms with van der Waals surface area (Å²) < 4.78 is 71.6. The summed E-state index contributed by atoms with van der Waals surface area (Å²) in [6.45, 7) is 0.776. The second-order valence-electron chi connectivity index (χ2n) is 11.5. The zero-order valence-electron chi connectivity index (χ0n) is 25.0.